The average molecular weight is 210 g/mol. The summed E-state index contributed by atoms with van der Waals surface area (Å²) in [7, 11) is 0. The largest absolute Gasteiger partial charge is 0.462 e. The lowest BCUT2D eigenvalue weighted by atomic mass is 10.3. The van der Waals surface area contributed by atoms with Gasteiger partial charge in [0.05, 0.1) is 13.2 Å². The summed E-state index contributed by atoms with van der Waals surface area (Å²) in [4.78, 5) is 0. The molecule has 4 heteroatoms. The van der Waals surface area contributed by atoms with E-state index in [1.165, 1.54) is 0 Å². The highest BCUT2D eigenvalue weighted by atomic mass is 16.7. The number of aliphatic hydroxyl groups is 1. The molecule has 0 aliphatic carbocycles. The van der Waals surface area contributed by atoms with Crippen molar-refractivity contribution < 1.29 is 19.3 Å². The Morgan fingerprint density at radius 2 is 2.13 bits per heavy atom. The molecule has 4 nitrogen and oxygen atoms in total. The smallest absolute Gasteiger partial charge is 0.223 e. The third-order valence-corrected chi connectivity index (χ3v) is 2.03. The molecular weight excluding hydrogens is 196 g/mol. The molecule has 1 aliphatic rings. The summed E-state index contributed by atoms with van der Waals surface area (Å²) >= 11 is 0. The van der Waals surface area contributed by atoms with Crippen molar-refractivity contribution in [3.8, 4) is 5.75 Å². The first kappa shape index (κ1) is 10.4. The van der Waals surface area contributed by atoms with E-state index in [1.54, 1.807) is 0 Å². The lowest BCUT2D eigenvalue weighted by Crippen LogP contribution is -2.26. The molecule has 1 saturated heterocycles. The van der Waals surface area contributed by atoms with Crippen LogP contribution in [0.3, 0.4) is 0 Å². The highest BCUT2D eigenvalue weighted by molar-refractivity contribution is 5.20. The second kappa shape index (κ2) is 5.11. The molecule has 1 aromatic carbocycles. The summed E-state index contributed by atoms with van der Waals surface area (Å²) in [5, 5.41) is 9.03. The summed E-state index contributed by atoms with van der Waals surface area (Å²) in [5.74, 6) is 0.688. The van der Waals surface area contributed by atoms with Crippen LogP contribution >= 0.6 is 0 Å². The van der Waals surface area contributed by atoms with E-state index < -0.39 is 6.29 Å². The third-order valence-electron chi connectivity index (χ3n) is 2.03. The Morgan fingerprint density at radius 3 is 2.73 bits per heavy atom. The highest BCUT2D eigenvalue weighted by Crippen LogP contribution is 2.14. The molecule has 1 heterocycles. The van der Waals surface area contributed by atoms with Gasteiger partial charge in [0.1, 0.15) is 18.5 Å². The van der Waals surface area contributed by atoms with Crippen molar-refractivity contribution in [3.05, 3.63) is 30.3 Å². The minimum Gasteiger partial charge on any atom is -0.462 e. The fraction of sp³-hybridized carbons (Fsp3) is 0.455. The van der Waals surface area contributed by atoms with Crippen LogP contribution in [0.1, 0.15) is 0 Å². The molecule has 2 unspecified atom stereocenters. The number of aliphatic hydroxyl groups excluding tert-OH is 1. The van der Waals surface area contributed by atoms with Gasteiger partial charge in [0.2, 0.25) is 6.29 Å². The lowest BCUT2D eigenvalue weighted by Gasteiger charge is -2.16. The Hall–Kier alpha value is -1.10. The van der Waals surface area contributed by atoms with E-state index in [-0.39, 0.29) is 12.7 Å². The van der Waals surface area contributed by atoms with E-state index >= 15 is 0 Å². The van der Waals surface area contributed by atoms with E-state index in [0.29, 0.717) is 12.4 Å². The SMILES string of the molecule is OCC(OCC1CO1)Oc1ccccc1. The number of epoxide rings is 1. The van der Waals surface area contributed by atoms with Crippen LogP contribution in [0.5, 0.6) is 5.75 Å². The second-order valence-corrected chi connectivity index (χ2v) is 3.33. The Labute approximate surface area is 88.4 Å². The Balaban J connectivity index is 1.78. The van der Waals surface area contributed by atoms with Gasteiger partial charge in [0.15, 0.2) is 0 Å². The van der Waals surface area contributed by atoms with Gasteiger partial charge in [-0.15, -0.1) is 0 Å². The number of hydrogen-bond donors (Lipinski definition) is 1. The number of rotatable bonds is 6. The fourth-order valence-corrected chi connectivity index (χ4v) is 1.15. The van der Waals surface area contributed by atoms with Crippen LogP contribution in [0.4, 0.5) is 0 Å². The van der Waals surface area contributed by atoms with Gasteiger partial charge in [-0.2, -0.15) is 0 Å². The summed E-state index contributed by atoms with van der Waals surface area (Å²) < 4.78 is 15.7. The van der Waals surface area contributed by atoms with Crippen molar-refractivity contribution in [1.29, 1.82) is 0 Å². The predicted octanol–water partition coefficient (Wildman–Crippen LogP) is 0.799. The molecule has 1 aliphatic heterocycles. The Kier molecular flexibility index (Phi) is 3.55. The molecule has 2 atom stereocenters. The maximum atomic E-state index is 9.03. The standard InChI is InChI=1S/C11H14O4/c12-6-11(14-8-10-7-13-10)15-9-4-2-1-3-5-9/h1-5,10-12H,6-8H2. The van der Waals surface area contributed by atoms with Gasteiger partial charge >= 0.3 is 0 Å². The molecule has 0 saturated carbocycles. The van der Waals surface area contributed by atoms with E-state index in [4.69, 9.17) is 19.3 Å². The van der Waals surface area contributed by atoms with Crippen molar-refractivity contribution >= 4 is 0 Å². The molecule has 15 heavy (non-hydrogen) atoms. The van der Waals surface area contributed by atoms with Gasteiger partial charge in [-0.05, 0) is 12.1 Å². The van der Waals surface area contributed by atoms with Crippen LogP contribution in [-0.2, 0) is 9.47 Å². The predicted molar refractivity (Wildman–Crippen MR) is 53.6 cm³/mol. The number of hydrogen-bond acceptors (Lipinski definition) is 4. The van der Waals surface area contributed by atoms with Gasteiger partial charge in [-0.1, -0.05) is 18.2 Å². The lowest BCUT2D eigenvalue weighted by molar-refractivity contribution is -0.110. The van der Waals surface area contributed by atoms with Gasteiger partial charge in [0, 0.05) is 0 Å². The molecule has 1 N–H and O–H groups in total. The van der Waals surface area contributed by atoms with E-state index in [1.807, 2.05) is 30.3 Å². The zero-order valence-corrected chi connectivity index (χ0v) is 8.33. The summed E-state index contributed by atoms with van der Waals surface area (Å²) in [6, 6.07) is 9.28. The zero-order chi connectivity index (χ0) is 10.5. The van der Waals surface area contributed by atoms with Gasteiger partial charge in [-0.3, -0.25) is 0 Å². The minimum atomic E-state index is -0.614. The molecule has 0 bridgehead atoms. The second-order valence-electron chi connectivity index (χ2n) is 3.33. The van der Waals surface area contributed by atoms with Gasteiger partial charge in [0.25, 0.3) is 0 Å². The van der Waals surface area contributed by atoms with Gasteiger partial charge in [-0.25, -0.2) is 0 Å². The summed E-state index contributed by atoms with van der Waals surface area (Å²) in [5.41, 5.74) is 0. The topological polar surface area (TPSA) is 51.2 Å². The fourth-order valence-electron chi connectivity index (χ4n) is 1.15. The van der Waals surface area contributed by atoms with E-state index in [2.05, 4.69) is 0 Å². The molecule has 82 valence electrons. The van der Waals surface area contributed by atoms with Crippen LogP contribution in [0.2, 0.25) is 0 Å². The maximum absolute atomic E-state index is 9.03. The summed E-state index contributed by atoms with van der Waals surface area (Å²) in [6.07, 6.45) is -0.435. The maximum Gasteiger partial charge on any atom is 0.223 e. The molecule has 0 amide bonds. The first-order valence-electron chi connectivity index (χ1n) is 4.94. The van der Waals surface area contributed by atoms with Crippen molar-refractivity contribution in [2.75, 3.05) is 19.8 Å². The molecule has 0 aromatic heterocycles. The van der Waals surface area contributed by atoms with Crippen LogP contribution in [-0.4, -0.2) is 37.3 Å². The molecular formula is C11H14O4. The van der Waals surface area contributed by atoms with Crippen LogP contribution in [0.15, 0.2) is 30.3 Å². The molecule has 2 rings (SSSR count). The minimum absolute atomic E-state index is 0.165. The van der Waals surface area contributed by atoms with E-state index in [9.17, 15) is 0 Å². The normalized spacial score (nSPS) is 21.0. The first-order chi connectivity index (χ1) is 7.38. The Morgan fingerprint density at radius 1 is 1.40 bits per heavy atom. The highest BCUT2D eigenvalue weighted by Gasteiger charge is 2.24. The van der Waals surface area contributed by atoms with Crippen LogP contribution in [0.25, 0.3) is 0 Å². The third kappa shape index (κ3) is 3.51. The average Bonchev–Trinajstić information content (AvgIpc) is 3.09. The number of benzene rings is 1. The van der Waals surface area contributed by atoms with Gasteiger partial charge < -0.3 is 19.3 Å². The van der Waals surface area contributed by atoms with Crippen molar-refractivity contribution in [1.82, 2.24) is 0 Å². The Bertz CT molecular complexity index is 284. The van der Waals surface area contributed by atoms with Crippen molar-refractivity contribution in [3.63, 3.8) is 0 Å². The first-order valence-corrected chi connectivity index (χ1v) is 4.94. The van der Waals surface area contributed by atoms with Crippen LogP contribution in [0, 0.1) is 0 Å². The number of ether oxygens (including phenoxy) is 3. The molecule has 1 aromatic rings. The van der Waals surface area contributed by atoms with Crippen molar-refractivity contribution in [2.45, 2.75) is 12.4 Å². The summed E-state index contributed by atoms with van der Waals surface area (Å²) in [6.45, 7) is 1.04. The van der Waals surface area contributed by atoms with E-state index in [0.717, 1.165) is 6.61 Å². The van der Waals surface area contributed by atoms with Crippen molar-refractivity contribution in [2.24, 2.45) is 0 Å². The van der Waals surface area contributed by atoms with Crippen LogP contribution < -0.4 is 4.74 Å². The molecule has 1 fully saturated rings. The monoisotopic (exact) mass is 210 g/mol. The number of para-hydroxylation sites is 1. The molecule has 0 spiro atoms. The molecule has 0 radical (unpaired) electrons. The zero-order valence-electron chi connectivity index (χ0n) is 8.33. The quantitative estimate of drug-likeness (QED) is 0.557.